The Kier molecular flexibility index (Phi) is 6.67. The molecule has 0 radical (unpaired) electrons. The monoisotopic (exact) mass is 364 g/mol. The van der Waals surface area contributed by atoms with Gasteiger partial charge in [0.25, 0.3) is 0 Å². The van der Waals surface area contributed by atoms with Crippen molar-refractivity contribution in [3.05, 3.63) is 11.1 Å². The molecular weight excluding hydrogens is 336 g/mol. The van der Waals surface area contributed by atoms with E-state index in [0.29, 0.717) is 16.9 Å². The second-order valence-corrected chi connectivity index (χ2v) is 8.01. The van der Waals surface area contributed by atoms with Crippen LogP contribution in [0.3, 0.4) is 0 Å². The number of hydrogen-bond donors (Lipinski definition) is 3. The second kappa shape index (κ2) is 9.17. The van der Waals surface area contributed by atoms with E-state index >= 15 is 0 Å². The van der Waals surface area contributed by atoms with Crippen LogP contribution in [0.5, 0.6) is 0 Å². The third-order valence-corrected chi connectivity index (χ3v) is 5.83. The van der Waals surface area contributed by atoms with Crippen LogP contribution < -0.4 is 16.0 Å². The lowest BCUT2D eigenvalue weighted by Crippen LogP contribution is -2.36. The summed E-state index contributed by atoms with van der Waals surface area (Å²) in [5.74, 6) is 0.0270. The van der Waals surface area contributed by atoms with Crippen molar-refractivity contribution in [2.45, 2.75) is 82.7 Å². The zero-order valence-electron chi connectivity index (χ0n) is 14.7. The van der Waals surface area contributed by atoms with Gasteiger partial charge in [0.1, 0.15) is 0 Å². The molecule has 2 saturated carbocycles. The minimum absolute atomic E-state index is 0.0270. The zero-order chi connectivity index (χ0) is 17.5. The number of amides is 3. The topological polar surface area (TPSA) is 83.1 Å². The third kappa shape index (κ3) is 5.99. The largest absolute Gasteiger partial charge is 0.353 e. The summed E-state index contributed by atoms with van der Waals surface area (Å²) in [4.78, 5) is 28.5. The number of hydrogen-bond acceptors (Lipinski definition) is 4. The van der Waals surface area contributed by atoms with Crippen molar-refractivity contribution in [3.63, 3.8) is 0 Å². The molecule has 0 spiro atoms. The highest BCUT2D eigenvalue weighted by Gasteiger charge is 2.18. The van der Waals surface area contributed by atoms with Gasteiger partial charge in [-0.3, -0.25) is 10.1 Å². The first-order valence-corrected chi connectivity index (χ1v) is 10.4. The van der Waals surface area contributed by atoms with Gasteiger partial charge in [0.2, 0.25) is 5.91 Å². The number of urea groups is 1. The Balaban J connectivity index is 1.42. The molecule has 3 amide bonds. The Morgan fingerprint density at radius 3 is 2.24 bits per heavy atom. The van der Waals surface area contributed by atoms with E-state index in [4.69, 9.17) is 0 Å². The maximum Gasteiger partial charge on any atom is 0.321 e. The van der Waals surface area contributed by atoms with Crippen LogP contribution in [0.15, 0.2) is 5.38 Å². The van der Waals surface area contributed by atoms with E-state index in [9.17, 15) is 9.59 Å². The number of carbonyl (C=O) groups excluding carboxylic acids is 2. The molecule has 2 aliphatic rings. The first-order valence-electron chi connectivity index (χ1n) is 9.50. The molecule has 1 heterocycles. The Bertz CT molecular complexity index is 575. The van der Waals surface area contributed by atoms with Gasteiger partial charge in [0.15, 0.2) is 5.13 Å². The van der Waals surface area contributed by atoms with Gasteiger partial charge in [-0.2, -0.15) is 0 Å². The second-order valence-electron chi connectivity index (χ2n) is 7.16. The molecule has 0 unspecified atom stereocenters. The van der Waals surface area contributed by atoms with Crippen LogP contribution in [-0.2, 0) is 11.2 Å². The van der Waals surface area contributed by atoms with Crippen molar-refractivity contribution in [1.82, 2.24) is 15.6 Å². The van der Waals surface area contributed by atoms with Crippen LogP contribution >= 0.6 is 11.3 Å². The smallest absolute Gasteiger partial charge is 0.321 e. The van der Waals surface area contributed by atoms with Crippen LogP contribution in [0.25, 0.3) is 0 Å². The van der Waals surface area contributed by atoms with E-state index in [1.54, 1.807) is 0 Å². The standard InChI is InChI=1S/C18H28N4O2S/c23-16(19-13-7-3-1-2-4-8-13)11-15-12-25-18(21-15)22-17(24)20-14-9-5-6-10-14/h12-14H,1-11H2,(H,19,23)(H2,20,21,22,24). The van der Waals surface area contributed by atoms with E-state index in [1.165, 1.54) is 49.9 Å². The minimum atomic E-state index is -0.198. The Labute approximate surface area is 153 Å². The summed E-state index contributed by atoms with van der Waals surface area (Å²) in [7, 11) is 0. The molecule has 1 aromatic rings. The maximum absolute atomic E-state index is 12.2. The summed E-state index contributed by atoms with van der Waals surface area (Å²) < 4.78 is 0. The molecule has 0 aromatic carbocycles. The molecule has 0 saturated heterocycles. The van der Waals surface area contributed by atoms with Gasteiger partial charge < -0.3 is 10.6 Å². The van der Waals surface area contributed by atoms with E-state index < -0.39 is 0 Å². The number of rotatable bonds is 5. The number of nitrogens with one attached hydrogen (secondary N) is 3. The summed E-state index contributed by atoms with van der Waals surface area (Å²) >= 11 is 1.36. The Morgan fingerprint density at radius 1 is 0.960 bits per heavy atom. The van der Waals surface area contributed by atoms with Gasteiger partial charge >= 0.3 is 6.03 Å². The van der Waals surface area contributed by atoms with Crippen LogP contribution in [0.4, 0.5) is 9.93 Å². The third-order valence-electron chi connectivity index (χ3n) is 5.02. The Hall–Kier alpha value is -1.63. The van der Waals surface area contributed by atoms with Gasteiger partial charge in [-0.25, -0.2) is 9.78 Å². The van der Waals surface area contributed by atoms with Gasteiger partial charge in [-0.15, -0.1) is 11.3 Å². The zero-order valence-corrected chi connectivity index (χ0v) is 15.5. The number of thiazole rings is 1. The van der Waals surface area contributed by atoms with Gasteiger partial charge in [0.05, 0.1) is 12.1 Å². The summed E-state index contributed by atoms with van der Waals surface area (Å²) in [6.07, 6.45) is 11.9. The summed E-state index contributed by atoms with van der Waals surface area (Å²) in [5.41, 5.74) is 0.715. The lowest BCUT2D eigenvalue weighted by molar-refractivity contribution is -0.121. The number of aromatic nitrogens is 1. The number of nitrogens with zero attached hydrogens (tertiary/aromatic N) is 1. The lowest BCUT2D eigenvalue weighted by Gasteiger charge is -2.15. The van der Waals surface area contributed by atoms with Gasteiger partial charge in [0, 0.05) is 17.5 Å². The van der Waals surface area contributed by atoms with Crippen LogP contribution in [0.2, 0.25) is 0 Å². The molecule has 0 aliphatic heterocycles. The van der Waals surface area contributed by atoms with Crippen molar-refractivity contribution in [2.24, 2.45) is 0 Å². The van der Waals surface area contributed by atoms with Crippen molar-refractivity contribution in [3.8, 4) is 0 Å². The first kappa shape index (κ1) is 18.2. The average Bonchev–Trinajstić information content (AvgIpc) is 3.15. The summed E-state index contributed by atoms with van der Waals surface area (Å²) in [5, 5.41) is 11.3. The Morgan fingerprint density at radius 2 is 1.56 bits per heavy atom. The molecular formula is C18H28N4O2S. The molecule has 6 nitrogen and oxygen atoms in total. The lowest BCUT2D eigenvalue weighted by atomic mass is 10.1. The van der Waals surface area contributed by atoms with Crippen molar-refractivity contribution >= 4 is 28.4 Å². The quantitative estimate of drug-likeness (QED) is 0.698. The molecule has 0 bridgehead atoms. The van der Waals surface area contributed by atoms with E-state index in [2.05, 4.69) is 20.9 Å². The van der Waals surface area contributed by atoms with E-state index in [1.807, 2.05) is 5.38 Å². The van der Waals surface area contributed by atoms with Crippen molar-refractivity contribution in [1.29, 1.82) is 0 Å². The number of carbonyl (C=O) groups is 2. The normalized spacial score (nSPS) is 19.4. The molecule has 3 N–H and O–H groups in total. The molecule has 2 aliphatic carbocycles. The fraction of sp³-hybridized carbons (Fsp3) is 0.722. The van der Waals surface area contributed by atoms with E-state index in [-0.39, 0.29) is 24.4 Å². The summed E-state index contributed by atoms with van der Waals surface area (Å²) in [6, 6.07) is 0.393. The highest BCUT2D eigenvalue weighted by molar-refractivity contribution is 7.13. The number of anilines is 1. The molecule has 3 rings (SSSR count). The molecule has 2 fully saturated rings. The average molecular weight is 365 g/mol. The molecule has 1 aromatic heterocycles. The summed E-state index contributed by atoms with van der Waals surface area (Å²) in [6.45, 7) is 0. The van der Waals surface area contributed by atoms with Crippen LogP contribution in [0, 0.1) is 0 Å². The first-order chi connectivity index (χ1) is 12.2. The van der Waals surface area contributed by atoms with Gasteiger partial charge in [-0.1, -0.05) is 38.5 Å². The predicted octanol–water partition coefficient (Wildman–Crippen LogP) is 3.59. The highest BCUT2D eigenvalue weighted by Crippen LogP contribution is 2.20. The minimum Gasteiger partial charge on any atom is -0.353 e. The van der Waals surface area contributed by atoms with Crippen LogP contribution in [-0.4, -0.2) is 29.0 Å². The molecule has 7 heteroatoms. The maximum atomic E-state index is 12.2. The molecule has 138 valence electrons. The SMILES string of the molecule is O=C(Cc1csc(NC(=O)NC2CCCC2)n1)NC1CCCCCC1. The van der Waals surface area contributed by atoms with Gasteiger partial charge in [-0.05, 0) is 25.7 Å². The predicted molar refractivity (Wildman–Crippen MR) is 99.9 cm³/mol. The fourth-order valence-corrected chi connectivity index (χ4v) is 4.41. The molecule has 25 heavy (non-hydrogen) atoms. The van der Waals surface area contributed by atoms with Crippen molar-refractivity contribution < 1.29 is 9.59 Å². The molecule has 0 atom stereocenters. The highest BCUT2D eigenvalue weighted by atomic mass is 32.1. The fourth-order valence-electron chi connectivity index (χ4n) is 3.70. The van der Waals surface area contributed by atoms with Crippen molar-refractivity contribution in [2.75, 3.05) is 5.32 Å². The van der Waals surface area contributed by atoms with E-state index in [0.717, 1.165) is 25.7 Å². The van der Waals surface area contributed by atoms with Crippen LogP contribution in [0.1, 0.15) is 69.9 Å².